The molecular weight excluding hydrogens is 184 g/mol. The third-order valence-corrected chi connectivity index (χ3v) is 3.16. The van der Waals surface area contributed by atoms with Gasteiger partial charge in [-0.05, 0) is 12.8 Å². The van der Waals surface area contributed by atoms with E-state index in [9.17, 15) is 9.59 Å². The zero-order valence-corrected chi connectivity index (χ0v) is 8.53. The van der Waals surface area contributed by atoms with Crippen LogP contribution < -0.4 is 0 Å². The molecule has 3 unspecified atom stereocenters. The number of aliphatic carboxylic acids is 1. The minimum atomic E-state index is -1.43. The SMILES string of the molecule is C=C1C(=O)OC(C)(C(=O)O)C(C)C1C. The average molecular weight is 198 g/mol. The summed E-state index contributed by atoms with van der Waals surface area (Å²) in [6.45, 7) is 8.53. The molecule has 1 saturated heterocycles. The summed E-state index contributed by atoms with van der Waals surface area (Å²) in [4.78, 5) is 22.3. The standard InChI is InChI=1S/C10H14O4/c1-5-6(2)8(11)14-10(4,7(5)3)9(12)13/h5,7H,2H2,1,3-4H3,(H,12,13). The summed E-state index contributed by atoms with van der Waals surface area (Å²) >= 11 is 0. The Bertz CT molecular complexity index is 307. The van der Waals surface area contributed by atoms with E-state index in [2.05, 4.69) is 6.58 Å². The van der Waals surface area contributed by atoms with Crippen molar-refractivity contribution in [3.8, 4) is 0 Å². The molecule has 3 atom stereocenters. The van der Waals surface area contributed by atoms with Crippen LogP contribution in [0.1, 0.15) is 20.8 Å². The summed E-state index contributed by atoms with van der Waals surface area (Å²) in [6.07, 6.45) is 0. The molecule has 0 aromatic heterocycles. The first-order chi connectivity index (χ1) is 6.30. The number of carbonyl (C=O) groups is 2. The number of hydrogen-bond donors (Lipinski definition) is 1. The first kappa shape index (κ1) is 10.8. The second kappa shape index (κ2) is 3.12. The molecule has 4 nitrogen and oxygen atoms in total. The van der Waals surface area contributed by atoms with Crippen LogP contribution in [0.2, 0.25) is 0 Å². The number of carbonyl (C=O) groups excluding carboxylic acids is 1. The van der Waals surface area contributed by atoms with Gasteiger partial charge in [-0.1, -0.05) is 20.4 Å². The highest BCUT2D eigenvalue weighted by molar-refractivity contribution is 5.93. The van der Waals surface area contributed by atoms with Crippen molar-refractivity contribution in [2.24, 2.45) is 11.8 Å². The monoisotopic (exact) mass is 198 g/mol. The number of carboxylic acid groups (broad SMARTS) is 1. The number of ether oxygens (including phenoxy) is 1. The predicted molar refractivity (Wildman–Crippen MR) is 49.6 cm³/mol. The molecule has 14 heavy (non-hydrogen) atoms. The molecule has 0 spiro atoms. The fourth-order valence-corrected chi connectivity index (χ4v) is 1.55. The van der Waals surface area contributed by atoms with Crippen molar-refractivity contribution in [1.82, 2.24) is 0 Å². The summed E-state index contributed by atoms with van der Waals surface area (Å²) < 4.78 is 4.89. The first-order valence-electron chi connectivity index (χ1n) is 4.46. The highest BCUT2D eigenvalue weighted by atomic mass is 16.6. The van der Waals surface area contributed by atoms with Crippen molar-refractivity contribution >= 4 is 11.9 Å². The molecule has 1 fully saturated rings. The molecule has 78 valence electrons. The van der Waals surface area contributed by atoms with Crippen LogP contribution in [0, 0.1) is 11.8 Å². The van der Waals surface area contributed by atoms with Gasteiger partial charge in [0.2, 0.25) is 5.60 Å². The van der Waals surface area contributed by atoms with Crippen molar-refractivity contribution in [1.29, 1.82) is 0 Å². The van der Waals surface area contributed by atoms with Gasteiger partial charge >= 0.3 is 11.9 Å². The summed E-state index contributed by atoms with van der Waals surface area (Å²) in [5.41, 5.74) is -1.09. The first-order valence-corrected chi connectivity index (χ1v) is 4.46. The van der Waals surface area contributed by atoms with E-state index in [4.69, 9.17) is 9.84 Å². The van der Waals surface area contributed by atoms with E-state index in [0.717, 1.165) is 0 Å². The van der Waals surface area contributed by atoms with E-state index in [1.54, 1.807) is 13.8 Å². The van der Waals surface area contributed by atoms with Crippen molar-refractivity contribution < 1.29 is 19.4 Å². The molecule has 0 aromatic rings. The van der Waals surface area contributed by atoms with Gasteiger partial charge in [-0.15, -0.1) is 0 Å². The zero-order chi connectivity index (χ0) is 11.1. The molecule has 0 bridgehead atoms. The normalized spacial score (nSPS) is 37.9. The lowest BCUT2D eigenvalue weighted by molar-refractivity contribution is -0.187. The van der Waals surface area contributed by atoms with Crippen LogP contribution in [0.15, 0.2) is 12.2 Å². The lowest BCUT2D eigenvalue weighted by Gasteiger charge is -2.39. The van der Waals surface area contributed by atoms with Crippen LogP contribution in [0.25, 0.3) is 0 Å². The lowest BCUT2D eigenvalue weighted by Crippen LogP contribution is -2.52. The van der Waals surface area contributed by atoms with Gasteiger partial charge in [0.25, 0.3) is 0 Å². The molecule has 0 aromatic carbocycles. The zero-order valence-electron chi connectivity index (χ0n) is 8.53. The average Bonchev–Trinajstić information content (AvgIpc) is 2.11. The third kappa shape index (κ3) is 1.31. The Morgan fingerprint density at radius 1 is 1.57 bits per heavy atom. The van der Waals surface area contributed by atoms with Gasteiger partial charge in [-0.3, -0.25) is 0 Å². The Kier molecular flexibility index (Phi) is 2.39. The fourth-order valence-electron chi connectivity index (χ4n) is 1.55. The second-order valence-corrected chi connectivity index (χ2v) is 3.90. The maximum atomic E-state index is 11.3. The Hall–Kier alpha value is -1.32. The Morgan fingerprint density at radius 3 is 2.50 bits per heavy atom. The van der Waals surface area contributed by atoms with E-state index in [-0.39, 0.29) is 11.8 Å². The van der Waals surface area contributed by atoms with Crippen LogP contribution >= 0.6 is 0 Å². The maximum Gasteiger partial charge on any atom is 0.348 e. The van der Waals surface area contributed by atoms with E-state index in [0.29, 0.717) is 5.57 Å². The topological polar surface area (TPSA) is 63.6 Å². The summed E-state index contributed by atoms with van der Waals surface area (Å²) in [7, 11) is 0. The number of cyclic esters (lactones) is 1. The second-order valence-electron chi connectivity index (χ2n) is 3.90. The third-order valence-electron chi connectivity index (χ3n) is 3.16. The quantitative estimate of drug-likeness (QED) is 0.508. The maximum absolute atomic E-state index is 11.3. The highest BCUT2D eigenvalue weighted by Crippen LogP contribution is 2.37. The molecule has 0 saturated carbocycles. The van der Waals surface area contributed by atoms with Gasteiger partial charge in [-0.25, -0.2) is 9.59 Å². The van der Waals surface area contributed by atoms with Gasteiger partial charge in [0.15, 0.2) is 0 Å². The Morgan fingerprint density at radius 2 is 2.07 bits per heavy atom. The van der Waals surface area contributed by atoms with E-state index >= 15 is 0 Å². The Balaban J connectivity index is 3.08. The minimum absolute atomic E-state index is 0.169. The number of carboxylic acids is 1. The fraction of sp³-hybridized carbons (Fsp3) is 0.600. The molecule has 1 N–H and O–H groups in total. The van der Waals surface area contributed by atoms with Crippen molar-refractivity contribution in [2.75, 3.05) is 0 Å². The molecule has 1 aliphatic rings. The molecule has 1 heterocycles. The van der Waals surface area contributed by atoms with Crippen molar-refractivity contribution in [2.45, 2.75) is 26.4 Å². The van der Waals surface area contributed by atoms with Gasteiger partial charge in [0.05, 0.1) is 0 Å². The smallest absolute Gasteiger partial charge is 0.348 e. The van der Waals surface area contributed by atoms with Gasteiger partial charge in [-0.2, -0.15) is 0 Å². The van der Waals surface area contributed by atoms with Crippen LogP contribution in [-0.2, 0) is 14.3 Å². The highest BCUT2D eigenvalue weighted by Gasteiger charge is 2.50. The van der Waals surface area contributed by atoms with E-state index < -0.39 is 17.5 Å². The van der Waals surface area contributed by atoms with Gasteiger partial charge < -0.3 is 9.84 Å². The number of hydrogen-bond acceptors (Lipinski definition) is 3. The van der Waals surface area contributed by atoms with Crippen LogP contribution in [0.4, 0.5) is 0 Å². The molecule has 0 radical (unpaired) electrons. The van der Waals surface area contributed by atoms with E-state index in [1.807, 2.05) is 0 Å². The molecule has 1 rings (SSSR count). The minimum Gasteiger partial charge on any atom is -0.478 e. The van der Waals surface area contributed by atoms with Crippen molar-refractivity contribution in [3.63, 3.8) is 0 Å². The lowest BCUT2D eigenvalue weighted by atomic mass is 9.75. The number of rotatable bonds is 1. The summed E-state index contributed by atoms with van der Waals surface area (Å²) in [5.74, 6) is -2.17. The Labute approximate surface area is 82.6 Å². The predicted octanol–water partition coefficient (Wildman–Crippen LogP) is 1.21. The van der Waals surface area contributed by atoms with Crippen LogP contribution in [-0.4, -0.2) is 22.6 Å². The summed E-state index contributed by atoms with van der Waals surface area (Å²) in [5, 5.41) is 8.98. The van der Waals surface area contributed by atoms with Crippen LogP contribution in [0.5, 0.6) is 0 Å². The van der Waals surface area contributed by atoms with Gasteiger partial charge in [0.1, 0.15) is 0 Å². The van der Waals surface area contributed by atoms with Crippen molar-refractivity contribution in [3.05, 3.63) is 12.2 Å². The molecule has 0 aliphatic carbocycles. The number of esters is 1. The molecule has 4 heteroatoms. The molecule has 0 amide bonds. The molecule has 1 aliphatic heterocycles. The van der Waals surface area contributed by atoms with E-state index in [1.165, 1.54) is 6.92 Å². The molecular formula is C10H14O4. The van der Waals surface area contributed by atoms with Gasteiger partial charge in [0, 0.05) is 11.5 Å². The summed E-state index contributed by atoms with van der Waals surface area (Å²) in [6, 6.07) is 0. The largest absolute Gasteiger partial charge is 0.478 e. The van der Waals surface area contributed by atoms with Crippen LogP contribution in [0.3, 0.4) is 0 Å².